The Morgan fingerprint density at radius 2 is 1.12 bits per heavy atom. The summed E-state index contributed by atoms with van der Waals surface area (Å²) in [6.07, 6.45) is 10.1. The van der Waals surface area contributed by atoms with Gasteiger partial charge in [-0.25, -0.2) is 14.4 Å². The summed E-state index contributed by atoms with van der Waals surface area (Å²) < 4.78 is 15.3. The predicted molar refractivity (Wildman–Crippen MR) is 218 cm³/mol. The van der Waals surface area contributed by atoms with Crippen molar-refractivity contribution in [3.8, 4) is 11.5 Å². The van der Waals surface area contributed by atoms with E-state index in [0.717, 1.165) is 80.0 Å². The van der Waals surface area contributed by atoms with E-state index in [9.17, 15) is 34.2 Å². The Labute approximate surface area is 347 Å². The fourth-order valence-corrected chi connectivity index (χ4v) is 8.65. The number of rotatable bonds is 7. The number of nitrogens with zero attached hydrogens (tertiary/aromatic N) is 2. The maximum absolute atomic E-state index is 13.8. The Kier molecular flexibility index (Phi) is 16.2. The molecule has 15 heteroatoms. The molecular formula is C43H61ClN4O10. The number of nitrogens with one attached hydrogen (secondary N) is 1. The van der Waals surface area contributed by atoms with Gasteiger partial charge >= 0.3 is 18.0 Å². The number of alkyl carbamates (subject to hydrolysis) is 1. The minimum atomic E-state index is -0.795. The van der Waals surface area contributed by atoms with E-state index in [1.807, 2.05) is 0 Å². The Bertz CT molecular complexity index is 1770. The second-order valence-corrected chi connectivity index (χ2v) is 16.8. The molecule has 0 bridgehead atoms. The zero-order valence-corrected chi connectivity index (χ0v) is 35.2. The summed E-state index contributed by atoms with van der Waals surface area (Å²) in [5.41, 5.74) is 9.05. The maximum Gasteiger partial charge on any atom is 0.408 e. The first kappa shape index (κ1) is 46.1. The number of hydrogen-bond acceptors (Lipinski definition) is 11. The lowest BCUT2D eigenvalue weighted by atomic mass is 9.82. The van der Waals surface area contributed by atoms with E-state index in [4.69, 9.17) is 19.9 Å². The summed E-state index contributed by atoms with van der Waals surface area (Å²) >= 11 is 0. The highest BCUT2D eigenvalue weighted by Gasteiger charge is 2.42. The van der Waals surface area contributed by atoms with Gasteiger partial charge in [-0.05, 0) is 105 Å². The molecule has 0 spiro atoms. The van der Waals surface area contributed by atoms with Crippen LogP contribution in [-0.4, -0.2) is 93.8 Å². The first-order chi connectivity index (χ1) is 27.1. The van der Waals surface area contributed by atoms with E-state index in [1.165, 1.54) is 30.4 Å². The summed E-state index contributed by atoms with van der Waals surface area (Å²) in [7, 11) is 2.63. The molecule has 0 radical (unpaired) electrons. The molecule has 4 atom stereocenters. The van der Waals surface area contributed by atoms with E-state index in [1.54, 1.807) is 57.2 Å². The van der Waals surface area contributed by atoms with Crippen molar-refractivity contribution in [1.82, 2.24) is 15.1 Å². The van der Waals surface area contributed by atoms with Gasteiger partial charge in [0, 0.05) is 25.9 Å². The average molecular weight is 829 g/mol. The van der Waals surface area contributed by atoms with E-state index in [0.29, 0.717) is 6.42 Å². The minimum Gasteiger partial charge on any atom is -0.508 e. The molecule has 0 aromatic heterocycles. The van der Waals surface area contributed by atoms with Crippen LogP contribution in [0, 0.1) is 11.8 Å². The molecule has 2 aliphatic carbocycles. The molecule has 2 fully saturated rings. The van der Waals surface area contributed by atoms with Gasteiger partial charge < -0.3 is 45.3 Å². The highest BCUT2D eigenvalue weighted by Crippen LogP contribution is 2.33. The molecule has 14 nitrogen and oxygen atoms in total. The molecule has 0 saturated heterocycles. The molecular weight excluding hydrogens is 768 g/mol. The normalized spacial score (nSPS) is 20.7. The molecule has 0 unspecified atom stereocenters. The van der Waals surface area contributed by atoms with Gasteiger partial charge in [-0.3, -0.25) is 9.59 Å². The molecule has 3 amide bonds. The van der Waals surface area contributed by atoms with Gasteiger partial charge in [-0.15, -0.1) is 12.4 Å². The van der Waals surface area contributed by atoms with Gasteiger partial charge in [-0.1, -0.05) is 50.7 Å². The van der Waals surface area contributed by atoms with Crippen molar-refractivity contribution in [3.05, 3.63) is 58.7 Å². The maximum atomic E-state index is 13.8. The van der Waals surface area contributed by atoms with Gasteiger partial charge in [0.05, 0.1) is 20.3 Å². The van der Waals surface area contributed by atoms with Gasteiger partial charge in [0.15, 0.2) is 0 Å². The smallest absolute Gasteiger partial charge is 0.408 e. The third kappa shape index (κ3) is 11.6. The Hall–Kier alpha value is -4.56. The zero-order chi connectivity index (χ0) is 41.4. The number of esters is 2. The van der Waals surface area contributed by atoms with Crippen molar-refractivity contribution < 1.29 is 48.4 Å². The molecule has 320 valence electrons. The van der Waals surface area contributed by atoms with E-state index in [2.05, 4.69) is 5.32 Å². The summed E-state index contributed by atoms with van der Waals surface area (Å²) in [6.45, 7) is 5.73. The summed E-state index contributed by atoms with van der Waals surface area (Å²) in [6, 6.07) is 7.14. The monoisotopic (exact) mass is 828 g/mol. The van der Waals surface area contributed by atoms with E-state index < -0.39 is 47.8 Å². The molecule has 6 rings (SSSR count). The summed E-state index contributed by atoms with van der Waals surface area (Å²) in [4.78, 5) is 67.3. The summed E-state index contributed by atoms with van der Waals surface area (Å²) in [5.74, 6) is -1.07. The van der Waals surface area contributed by atoms with E-state index in [-0.39, 0.29) is 67.1 Å². The zero-order valence-electron chi connectivity index (χ0n) is 34.4. The number of amides is 3. The standard InChI is InChI=1S/C24H34N2O6.C19H26N2O4.ClH/c1-24(2,3)32-23(30)25-20(15-8-6-5-7-9-15)21(28)26-14-17-12-18(27)11-10-16(17)13-19(26)22(29)31-4;1-25-19(24)16-10-13-7-8-15(22)9-14(13)11-21(16)18(23)17(20)12-5-3-2-4-6-12;/h10-12,15,19-20,27H,5-9,13-14H2,1-4H3,(H,25,30);7-9,12,16-17,22H,2-6,10-11,20H2,1H3;1H/t19-,20-;16-,17-;/m00./s1. The van der Waals surface area contributed by atoms with Crippen LogP contribution in [0.1, 0.15) is 107 Å². The van der Waals surface area contributed by atoms with E-state index >= 15 is 0 Å². The Morgan fingerprint density at radius 3 is 1.55 bits per heavy atom. The third-order valence-electron chi connectivity index (χ3n) is 11.7. The Morgan fingerprint density at radius 1 is 0.690 bits per heavy atom. The predicted octanol–water partition coefficient (Wildman–Crippen LogP) is 5.44. The minimum absolute atomic E-state index is 0. The number of phenolic OH excluding ortho intramolecular Hbond substituents is 2. The number of carbonyl (C=O) groups excluding carboxylic acids is 5. The van der Waals surface area contributed by atoms with Gasteiger partial charge in [0.25, 0.3) is 0 Å². The fraction of sp³-hybridized carbons (Fsp3) is 0.605. The van der Waals surface area contributed by atoms with Crippen LogP contribution in [0.15, 0.2) is 36.4 Å². The topological polar surface area (TPSA) is 198 Å². The van der Waals surface area contributed by atoms with Crippen LogP contribution in [0.25, 0.3) is 0 Å². The lowest BCUT2D eigenvalue weighted by Crippen LogP contribution is -2.58. The van der Waals surface area contributed by atoms with Gasteiger partial charge in [0.2, 0.25) is 11.8 Å². The molecule has 2 aromatic rings. The van der Waals surface area contributed by atoms with Crippen LogP contribution in [-0.2, 0) is 59.3 Å². The number of halogens is 1. The molecule has 58 heavy (non-hydrogen) atoms. The third-order valence-corrected chi connectivity index (χ3v) is 11.7. The number of benzene rings is 2. The van der Waals surface area contributed by atoms with Crippen LogP contribution in [0.3, 0.4) is 0 Å². The fourth-order valence-electron chi connectivity index (χ4n) is 8.65. The first-order valence-corrected chi connectivity index (χ1v) is 20.2. The SMILES string of the molecule is COC(=O)[C@@H]1Cc2ccc(O)cc2CN1C(=O)[C@@H](N)C1CCCCC1.COC(=O)[C@@H]1Cc2ccc(O)cc2CN1C(=O)[C@@H](NC(=O)OC(C)(C)C)C1CCCCC1.Cl. The molecule has 4 aliphatic rings. The lowest BCUT2D eigenvalue weighted by Gasteiger charge is -2.39. The second kappa shape index (κ2) is 20.4. The molecule has 2 saturated carbocycles. The van der Waals surface area contributed by atoms with Crippen molar-refractivity contribution in [3.63, 3.8) is 0 Å². The van der Waals surface area contributed by atoms with Gasteiger partial charge in [0.1, 0.15) is 35.2 Å². The van der Waals surface area contributed by atoms with Crippen LogP contribution < -0.4 is 11.1 Å². The van der Waals surface area contributed by atoms with Crippen LogP contribution in [0.5, 0.6) is 11.5 Å². The van der Waals surface area contributed by atoms with Crippen molar-refractivity contribution >= 4 is 42.3 Å². The molecule has 2 heterocycles. The highest BCUT2D eigenvalue weighted by molar-refractivity contribution is 5.91. The Balaban J connectivity index is 0.000000259. The summed E-state index contributed by atoms with van der Waals surface area (Å²) in [5, 5.41) is 22.4. The number of nitrogens with two attached hydrogens (primary N) is 1. The number of hydrogen-bond donors (Lipinski definition) is 4. The highest BCUT2D eigenvalue weighted by atomic mass is 35.5. The number of phenols is 2. The van der Waals surface area contributed by atoms with Crippen molar-refractivity contribution in [2.24, 2.45) is 17.6 Å². The average Bonchev–Trinajstić information content (AvgIpc) is 3.20. The number of carbonyl (C=O) groups is 5. The molecule has 2 aliphatic heterocycles. The number of aromatic hydroxyl groups is 2. The van der Waals surface area contributed by atoms with Gasteiger partial charge in [-0.2, -0.15) is 0 Å². The van der Waals surface area contributed by atoms with Crippen molar-refractivity contribution in [1.29, 1.82) is 0 Å². The number of fused-ring (bicyclic) bond motifs is 2. The molecule has 5 N–H and O–H groups in total. The molecule has 2 aromatic carbocycles. The largest absolute Gasteiger partial charge is 0.508 e. The quantitative estimate of drug-likeness (QED) is 0.205. The van der Waals surface area contributed by atoms with Crippen molar-refractivity contribution in [2.45, 2.75) is 141 Å². The lowest BCUT2D eigenvalue weighted by molar-refractivity contribution is -0.155. The van der Waals surface area contributed by atoms with Crippen LogP contribution >= 0.6 is 12.4 Å². The van der Waals surface area contributed by atoms with Crippen LogP contribution in [0.2, 0.25) is 0 Å². The van der Waals surface area contributed by atoms with Crippen LogP contribution in [0.4, 0.5) is 4.79 Å². The van der Waals surface area contributed by atoms with Crippen molar-refractivity contribution in [2.75, 3.05) is 14.2 Å². The second-order valence-electron chi connectivity index (χ2n) is 16.8. The number of ether oxygens (including phenoxy) is 3. The number of methoxy groups -OCH3 is 2. The first-order valence-electron chi connectivity index (χ1n) is 20.2.